The fourth-order valence-corrected chi connectivity index (χ4v) is 3.30. The number of methoxy groups -OCH3 is 3. The Morgan fingerprint density at radius 3 is 2.32 bits per heavy atom. The van der Waals surface area contributed by atoms with Crippen molar-refractivity contribution in [1.29, 1.82) is 0 Å². The predicted octanol–water partition coefficient (Wildman–Crippen LogP) is 3.34. The quantitative estimate of drug-likeness (QED) is 0.473. The molecule has 0 N–H and O–H groups in total. The predicted molar refractivity (Wildman–Crippen MR) is 119 cm³/mol. The zero-order chi connectivity index (χ0) is 22.1. The van der Waals surface area contributed by atoms with Gasteiger partial charge in [0.25, 0.3) is 5.91 Å². The van der Waals surface area contributed by atoms with Crippen molar-refractivity contribution in [3.63, 3.8) is 0 Å². The van der Waals surface area contributed by atoms with E-state index < -0.39 is 0 Å². The third kappa shape index (κ3) is 5.93. The number of benzene rings is 2. The highest BCUT2D eigenvalue weighted by molar-refractivity contribution is 6.00. The monoisotopic (exact) mass is 423 g/mol. The van der Waals surface area contributed by atoms with Crippen LogP contribution in [0.4, 0.5) is 0 Å². The van der Waals surface area contributed by atoms with Crippen molar-refractivity contribution in [1.82, 2.24) is 14.7 Å². The lowest BCUT2D eigenvalue weighted by Crippen LogP contribution is -2.36. The van der Waals surface area contributed by atoms with E-state index in [4.69, 9.17) is 19.3 Å². The van der Waals surface area contributed by atoms with Gasteiger partial charge >= 0.3 is 0 Å². The number of aromatic nitrogens is 2. The van der Waals surface area contributed by atoms with E-state index >= 15 is 0 Å². The lowest BCUT2D eigenvalue weighted by molar-refractivity contribution is 0.0628. The highest BCUT2D eigenvalue weighted by Crippen LogP contribution is 2.27. The van der Waals surface area contributed by atoms with Crippen molar-refractivity contribution < 1.29 is 19.0 Å². The number of amides is 1. The van der Waals surface area contributed by atoms with Crippen molar-refractivity contribution in [2.24, 2.45) is 0 Å². The van der Waals surface area contributed by atoms with Crippen LogP contribution in [0, 0.1) is 0 Å². The number of hydrogen-bond acceptors (Lipinski definition) is 5. The number of nitrogens with zero attached hydrogens (tertiary/aromatic N) is 3. The maximum atomic E-state index is 13.5. The standard InChI is InChI=1S/C24H29N3O4/c1-29-14-12-26(13-15-30-2)24(28)22-18-27(17-19-8-5-4-6-9-19)25-23(22)20-10-7-11-21(16-20)31-3/h4-11,16,18H,12-15,17H2,1-3H3. The zero-order valence-electron chi connectivity index (χ0n) is 18.3. The van der Waals surface area contributed by atoms with E-state index in [1.807, 2.05) is 65.5 Å². The van der Waals surface area contributed by atoms with Gasteiger partial charge in [0.05, 0.1) is 32.4 Å². The van der Waals surface area contributed by atoms with Gasteiger partial charge in [0.2, 0.25) is 0 Å². The molecule has 1 aromatic heterocycles. The fraction of sp³-hybridized carbons (Fsp3) is 0.333. The SMILES string of the molecule is COCCN(CCOC)C(=O)c1cn(Cc2ccccc2)nc1-c1cccc(OC)c1. The fourth-order valence-electron chi connectivity index (χ4n) is 3.30. The number of rotatable bonds is 11. The van der Waals surface area contributed by atoms with Gasteiger partial charge in [0, 0.05) is 39.1 Å². The molecule has 0 spiro atoms. The van der Waals surface area contributed by atoms with Crippen LogP contribution in [0.5, 0.6) is 5.75 Å². The summed E-state index contributed by atoms with van der Waals surface area (Å²) in [6, 6.07) is 17.6. The van der Waals surface area contributed by atoms with E-state index in [-0.39, 0.29) is 5.91 Å². The molecule has 0 aliphatic carbocycles. The highest BCUT2D eigenvalue weighted by atomic mass is 16.5. The molecule has 1 heterocycles. The van der Waals surface area contributed by atoms with Crippen LogP contribution in [0.1, 0.15) is 15.9 Å². The van der Waals surface area contributed by atoms with Gasteiger partial charge < -0.3 is 19.1 Å². The van der Waals surface area contributed by atoms with Gasteiger partial charge in [-0.15, -0.1) is 0 Å². The minimum Gasteiger partial charge on any atom is -0.497 e. The molecule has 0 aliphatic rings. The van der Waals surface area contributed by atoms with E-state index in [0.29, 0.717) is 49.9 Å². The summed E-state index contributed by atoms with van der Waals surface area (Å²) in [5, 5.41) is 4.77. The van der Waals surface area contributed by atoms with Gasteiger partial charge in [-0.1, -0.05) is 42.5 Å². The molecule has 0 saturated carbocycles. The minimum absolute atomic E-state index is 0.105. The first-order chi connectivity index (χ1) is 15.2. The Balaban J connectivity index is 1.99. The molecule has 0 radical (unpaired) electrons. The summed E-state index contributed by atoms with van der Waals surface area (Å²) in [7, 11) is 4.87. The van der Waals surface area contributed by atoms with E-state index in [2.05, 4.69) is 0 Å². The molecule has 7 nitrogen and oxygen atoms in total. The zero-order valence-corrected chi connectivity index (χ0v) is 18.3. The molecule has 1 amide bonds. The molecule has 0 saturated heterocycles. The second kappa shape index (κ2) is 11.3. The average Bonchev–Trinajstić information content (AvgIpc) is 3.23. The highest BCUT2D eigenvalue weighted by Gasteiger charge is 2.23. The molecule has 0 aliphatic heterocycles. The molecule has 0 bridgehead atoms. The van der Waals surface area contributed by atoms with Crippen molar-refractivity contribution in [3.8, 4) is 17.0 Å². The van der Waals surface area contributed by atoms with E-state index in [1.54, 1.807) is 26.2 Å². The number of ether oxygens (including phenoxy) is 3. The second-order valence-electron chi connectivity index (χ2n) is 7.08. The summed E-state index contributed by atoms with van der Waals surface area (Å²) < 4.78 is 17.6. The Labute approximate surface area is 183 Å². The van der Waals surface area contributed by atoms with Crippen LogP contribution in [0.15, 0.2) is 60.8 Å². The first-order valence-corrected chi connectivity index (χ1v) is 10.2. The molecule has 0 fully saturated rings. The lowest BCUT2D eigenvalue weighted by atomic mass is 10.1. The maximum Gasteiger partial charge on any atom is 0.257 e. The van der Waals surface area contributed by atoms with Crippen molar-refractivity contribution in [2.45, 2.75) is 6.54 Å². The normalized spacial score (nSPS) is 10.8. The van der Waals surface area contributed by atoms with Gasteiger partial charge in [-0.25, -0.2) is 0 Å². The molecule has 7 heteroatoms. The third-order valence-corrected chi connectivity index (χ3v) is 4.94. The molecule has 3 aromatic rings. The van der Waals surface area contributed by atoms with Crippen LogP contribution >= 0.6 is 0 Å². The second-order valence-corrected chi connectivity index (χ2v) is 7.08. The van der Waals surface area contributed by atoms with Crippen LogP contribution in [-0.2, 0) is 16.0 Å². The number of carbonyl (C=O) groups is 1. The summed E-state index contributed by atoms with van der Waals surface area (Å²) in [5.41, 5.74) is 3.10. The Morgan fingerprint density at radius 2 is 1.68 bits per heavy atom. The largest absolute Gasteiger partial charge is 0.497 e. The van der Waals surface area contributed by atoms with Gasteiger partial charge in [-0.05, 0) is 17.7 Å². The molecule has 0 atom stereocenters. The van der Waals surface area contributed by atoms with E-state index in [1.165, 1.54) is 0 Å². The molecular formula is C24H29N3O4. The lowest BCUT2D eigenvalue weighted by Gasteiger charge is -2.22. The van der Waals surface area contributed by atoms with E-state index in [9.17, 15) is 4.79 Å². The van der Waals surface area contributed by atoms with E-state index in [0.717, 1.165) is 11.1 Å². The molecule has 164 valence electrons. The van der Waals surface area contributed by atoms with Gasteiger partial charge in [0.1, 0.15) is 11.4 Å². The Morgan fingerprint density at radius 1 is 0.968 bits per heavy atom. The summed E-state index contributed by atoms with van der Waals surface area (Å²) in [6.07, 6.45) is 1.82. The summed E-state index contributed by atoms with van der Waals surface area (Å²) >= 11 is 0. The van der Waals surface area contributed by atoms with Crippen LogP contribution in [0.3, 0.4) is 0 Å². The third-order valence-electron chi connectivity index (χ3n) is 4.94. The summed E-state index contributed by atoms with van der Waals surface area (Å²) in [5.74, 6) is 0.607. The van der Waals surface area contributed by atoms with Crippen molar-refractivity contribution in [2.75, 3.05) is 47.6 Å². The molecule has 0 unspecified atom stereocenters. The molecule has 3 rings (SSSR count). The Bertz CT molecular complexity index is 964. The van der Waals surface area contributed by atoms with Gasteiger partial charge in [0.15, 0.2) is 0 Å². The molecular weight excluding hydrogens is 394 g/mol. The first-order valence-electron chi connectivity index (χ1n) is 10.2. The number of carbonyl (C=O) groups excluding carboxylic acids is 1. The Hall–Kier alpha value is -3.16. The maximum absolute atomic E-state index is 13.5. The van der Waals surface area contributed by atoms with Crippen molar-refractivity contribution >= 4 is 5.91 Å². The summed E-state index contributed by atoms with van der Waals surface area (Å²) in [4.78, 5) is 15.2. The average molecular weight is 424 g/mol. The molecule has 31 heavy (non-hydrogen) atoms. The number of hydrogen-bond donors (Lipinski definition) is 0. The Kier molecular flexibility index (Phi) is 8.20. The van der Waals surface area contributed by atoms with Crippen molar-refractivity contribution in [3.05, 3.63) is 71.9 Å². The van der Waals surface area contributed by atoms with Gasteiger partial charge in [-0.2, -0.15) is 5.10 Å². The van der Waals surface area contributed by atoms with Crippen LogP contribution in [0.25, 0.3) is 11.3 Å². The topological polar surface area (TPSA) is 65.8 Å². The minimum atomic E-state index is -0.105. The summed E-state index contributed by atoms with van der Waals surface area (Å²) in [6.45, 7) is 2.41. The smallest absolute Gasteiger partial charge is 0.257 e. The van der Waals surface area contributed by atoms with Gasteiger partial charge in [-0.3, -0.25) is 9.48 Å². The van der Waals surface area contributed by atoms with Crippen LogP contribution in [-0.4, -0.2) is 68.2 Å². The van der Waals surface area contributed by atoms with Crippen LogP contribution < -0.4 is 4.74 Å². The van der Waals surface area contributed by atoms with Crippen LogP contribution in [0.2, 0.25) is 0 Å². The first kappa shape index (κ1) is 22.5. The molecule has 2 aromatic carbocycles.